The van der Waals surface area contributed by atoms with Gasteiger partial charge in [-0.25, -0.2) is 0 Å². The third-order valence-electron chi connectivity index (χ3n) is 6.14. The third-order valence-corrected chi connectivity index (χ3v) is 6.14. The normalized spacial score (nSPS) is 54.8. The molecule has 5 aliphatic rings. The molecular formula is C15H25N. The molecule has 0 aromatic rings. The zero-order chi connectivity index (χ0) is 10.5. The fourth-order valence-electron chi connectivity index (χ4n) is 5.71. The zero-order valence-electron chi connectivity index (χ0n) is 10.3. The number of rotatable bonds is 2. The van der Waals surface area contributed by atoms with Crippen molar-refractivity contribution in [3.63, 3.8) is 0 Å². The Bertz CT molecular complexity index is 239. The van der Waals surface area contributed by atoms with Crippen molar-refractivity contribution in [2.24, 2.45) is 29.6 Å². The number of hydrogen-bond acceptors (Lipinski definition) is 1. The highest BCUT2D eigenvalue weighted by Crippen LogP contribution is 2.57. The lowest BCUT2D eigenvalue weighted by Crippen LogP contribution is -2.46. The summed E-state index contributed by atoms with van der Waals surface area (Å²) in [4.78, 5) is 0. The Morgan fingerprint density at radius 1 is 0.875 bits per heavy atom. The van der Waals surface area contributed by atoms with Crippen LogP contribution in [0.3, 0.4) is 0 Å². The lowest BCUT2D eigenvalue weighted by atomic mass is 9.51. The molecule has 0 radical (unpaired) electrons. The van der Waals surface area contributed by atoms with Crippen LogP contribution in [0.1, 0.15) is 51.4 Å². The van der Waals surface area contributed by atoms with E-state index in [4.69, 9.17) is 0 Å². The van der Waals surface area contributed by atoms with E-state index in [0.29, 0.717) is 0 Å². The quantitative estimate of drug-likeness (QED) is 0.752. The predicted octanol–water partition coefficient (Wildman–Crippen LogP) is 3.20. The standard InChI is InChI=1S/C15H25N/c1-2-14(16-3-1)9-15-12-5-10-4-11(7-12)8-13(15)6-10/h10-16H,1-9H2. The van der Waals surface area contributed by atoms with Crippen LogP contribution in [0.5, 0.6) is 0 Å². The summed E-state index contributed by atoms with van der Waals surface area (Å²) in [6.45, 7) is 1.29. The highest BCUT2D eigenvalue weighted by atomic mass is 14.9. The first-order valence-corrected chi connectivity index (χ1v) is 7.62. The van der Waals surface area contributed by atoms with Gasteiger partial charge in [0.2, 0.25) is 0 Å². The number of nitrogens with one attached hydrogen (secondary N) is 1. The summed E-state index contributed by atoms with van der Waals surface area (Å²) in [5, 5.41) is 3.72. The van der Waals surface area contributed by atoms with Crippen molar-refractivity contribution in [1.29, 1.82) is 0 Å². The van der Waals surface area contributed by atoms with Crippen LogP contribution in [-0.2, 0) is 0 Å². The molecule has 0 amide bonds. The van der Waals surface area contributed by atoms with E-state index in [1.165, 1.54) is 25.8 Å². The van der Waals surface area contributed by atoms with Gasteiger partial charge in [-0.15, -0.1) is 0 Å². The molecule has 1 saturated heterocycles. The Labute approximate surface area is 99.4 Å². The summed E-state index contributed by atoms with van der Waals surface area (Å²) in [6, 6.07) is 0.891. The topological polar surface area (TPSA) is 12.0 Å². The average molecular weight is 219 g/mol. The first-order chi connectivity index (χ1) is 7.88. The van der Waals surface area contributed by atoms with E-state index in [2.05, 4.69) is 5.32 Å². The number of hydrogen-bond donors (Lipinski definition) is 1. The molecule has 1 N–H and O–H groups in total. The molecule has 0 spiro atoms. The van der Waals surface area contributed by atoms with Crippen LogP contribution >= 0.6 is 0 Å². The van der Waals surface area contributed by atoms with Crippen LogP contribution in [0.2, 0.25) is 0 Å². The van der Waals surface area contributed by atoms with Crippen molar-refractivity contribution in [1.82, 2.24) is 5.32 Å². The van der Waals surface area contributed by atoms with E-state index in [1.54, 1.807) is 32.1 Å². The SMILES string of the molecule is C1CNC(CC2C3CC4CC(C3)CC2C4)C1. The van der Waals surface area contributed by atoms with Gasteiger partial charge in [0.15, 0.2) is 0 Å². The van der Waals surface area contributed by atoms with Gasteiger partial charge in [-0.05, 0) is 87.5 Å². The van der Waals surface area contributed by atoms with Crippen molar-refractivity contribution in [2.75, 3.05) is 6.54 Å². The smallest absolute Gasteiger partial charge is 0.00703 e. The van der Waals surface area contributed by atoms with Crippen LogP contribution in [0.4, 0.5) is 0 Å². The molecule has 1 atom stereocenters. The van der Waals surface area contributed by atoms with Crippen LogP contribution < -0.4 is 5.32 Å². The third kappa shape index (κ3) is 1.54. The molecule has 1 heterocycles. The molecule has 5 rings (SSSR count). The second kappa shape index (κ2) is 3.73. The summed E-state index contributed by atoms with van der Waals surface area (Å²) in [7, 11) is 0. The molecule has 4 saturated carbocycles. The van der Waals surface area contributed by atoms with Crippen molar-refractivity contribution >= 4 is 0 Å². The summed E-state index contributed by atoms with van der Waals surface area (Å²) < 4.78 is 0. The minimum absolute atomic E-state index is 0.891. The maximum atomic E-state index is 3.72. The Balaban J connectivity index is 1.47. The summed E-state index contributed by atoms with van der Waals surface area (Å²) >= 11 is 0. The molecule has 4 bridgehead atoms. The summed E-state index contributed by atoms with van der Waals surface area (Å²) in [6.07, 6.45) is 12.4. The van der Waals surface area contributed by atoms with E-state index < -0.39 is 0 Å². The highest BCUT2D eigenvalue weighted by molar-refractivity contribution is 4.99. The average Bonchev–Trinajstić information content (AvgIpc) is 2.75. The van der Waals surface area contributed by atoms with E-state index in [9.17, 15) is 0 Å². The lowest BCUT2D eigenvalue weighted by molar-refractivity contribution is -0.0425. The first-order valence-electron chi connectivity index (χ1n) is 7.62. The zero-order valence-corrected chi connectivity index (χ0v) is 10.3. The van der Waals surface area contributed by atoms with Crippen LogP contribution in [0, 0.1) is 29.6 Å². The molecule has 1 unspecified atom stereocenters. The summed E-state index contributed by atoms with van der Waals surface area (Å²) in [5.74, 6) is 5.69. The predicted molar refractivity (Wildman–Crippen MR) is 66.2 cm³/mol. The minimum atomic E-state index is 0.891. The lowest BCUT2D eigenvalue weighted by Gasteiger charge is -2.55. The van der Waals surface area contributed by atoms with Gasteiger partial charge in [-0.2, -0.15) is 0 Å². The molecule has 90 valence electrons. The molecule has 4 aliphatic carbocycles. The van der Waals surface area contributed by atoms with Gasteiger partial charge < -0.3 is 5.32 Å². The molecule has 0 aromatic heterocycles. The first kappa shape index (κ1) is 9.94. The van der Waals surface area contributed by atoms with Crippen molar-refractivity contribution in [2.45, 2.75) is 57.4 Å². The fraction of sp³-hybridized carbons (Fsp3) is 1.00. The second-order valence-corrected chi connectivity index (χ2v) is 7.12. The molecule has 1 aliphatic heterocycles. The largest absolute Gasteiger partial charge is 0.314 e. The monoisotopic (exact) mass is 219 g/mol. The van der Waals surface area contributed by atoms with E-state index in [-0.39, 0.29) is 0 Å². The molecule has 16 heavy (non-hydrogen) atoms. The Hall–Kier alpha value is -0.0400. The second-order valence-electron chi connectivity index (χ2n) is 7.12. The van der Waals surface area contributed by atoms with Gasteiger partial charge >= 0.3 is 0 Å². The minimum Gasteiger partial charge on any atom is -0.314 e. The molecule has 1 nitrogen and oxygen atoms in total. The van der Waals surface area contributed by atoms with Gasteiger partial charge in [0, 0.05) is 6.04 Å². The van der Waals surface area contributed by atoms with Crippen LogP contribution in [0.25, 0.3) is 0 Å². The van der Waals surface area contributed by atoms with Gasteiger partial charge in [0.05, 0.1) is 0 Å². The molecule has 5 fully saturated rings. The van der Waals surface area contributed by atoms with Crippen LogP contribution in [-0.4, -0.2) is 12.6 Å². The molecule has 0 aromatic carbocycles. The maximum Gasteiger partial charge on any atom is 0.00703 e. The highest BCUT2D eigenvalue weighted by Gasteiger charge is 2.48. The molecule has 1 heteroatoms. The Morgan fingerprint density at radius 2 is 1.56 bits per heavy atom. The van der Waals surface area contributed by atoms with E-state index in [1.807, 2.05) is 0 Å². The van der Waals surface area contributed by atoms with Crippen molar-refractivity contribution < 1.29 is 0 Å². The van der Waals surface area contributed by atoms with Crippen molar-refractivity contribution in [3.05, 3.63) is 0 Å². The van der Waals surface area contributed by atoms with Gasteiger partial charge in [0.25, 0.3) is 0 Å². The Morgan fingerprint density at radius 3 is 2.12 bits per heavy atom. The van der Waals surface area contributed by atoms with E-state index in [0.717, 1.165) is 35.6 Å². The summed E-state index contributed by atoms with van der Waals surface area (Å²) in [5.41, 5.74) is 0. The van der Waals surface area contributed by atoms with Crippen LogP contribution in [0.15, 0.2) is 0 Å². The molecular weight excluding hydrogens is 194 g/mol. The van der Waals surface area contributed by atoms with Gasteiger partial charge in [0.1, 0.15) is 0 Å². The van der Waals surface area contributed by atoms with E-state index >= 15 is 0 Å². The van der Waals surface area contributed by atoms with Crippen molar-refractivity contribution in [3.8, 4) is 0 Å². The van der Waals surface area contributed by atoms with Gasteiger partial charge in [-0.1, -0.05) is 0 Å². The maximum absolute atomic E-state index is 3.72. The fourth-order valence-corrected chi connectivity index (χ4v) is 5.71. The van der Waals surface area contributed by atoms with Gasteiger partial charge in [-0.3, -0.25) is 0 Å². The Kier molecular flexibility index (Phi) is 2.32.